The number of benzene rings is 1. The van der Waals surface area contributed by atoms with Crippen LogP contribution in [0.5, 0.6) is 0 Å². The molecule has 0 saturated heterocycles. The van der Waals surface area contributed by atoms with Crippen LogP contribution in [0, 0.1) is 0 Å². The van der Waals surface area contributed by atoms with Gasteiger partial charge >= 0.3 is 0 Å². The van der Waals surface area contributed by atoms with E-state index in [-0.39, 0.29) is 0 Å². The molecule has 4 heteroatoms. The molecule has 1 N–H and O–H groups in total. The highest BCUT2D eigenvalue weighted by molar-refractivity contribution is 9.10. The largest absolute Gasteiger partial charge is 0.387 e. The average Bonchev–Trinajstić information content (AvgIpc) is 2.76. The van der Waals surface area contributed by atoms with Gasteiger partial charge in [-0.15, -0.1) is 0 Å². The van der Waals surface area contributed by atoms with Gasteiger partial charge in [0.1, 0.15) is 10.4 Å². The van der Waals surface area contributed by atoms with Crippen molar-refractivity contribution in [2.24, 2.45) is 0 Å². The molecule has 2 heterocycles. The van der Waals surface area contributed by atoms with Crippen LogP contribution >= 0.6 is 15.9 Å². The van der Waals surface area contributed by atoms with E-state index in [1.165, 1.54) is 0 Å². The summed E-state index contributed by atoms with van der Waals surface area (Å²) in [5, 5.41) is 3.14. The molecule has 0 fully saturated rings. The molecule has 0 aliphatic carbocycles. The van der Waals surface area contributed by atoms with Crippen molar-refractivity contribution >= 4 is 27.1 Å². The van der Waals surface area contributed by atoms with E-state index in [0.717, 1.165) is 27.2 Å². The summed E-state index contributed by atoms with van der Waals surface area (Å²) in [6, 6.07) is 14.3. The molecule has 0 amide bonds. The number of nitrogens with zero attached hydrogens (tertiary/aromatic N) is 2. The van der Waals surface area contributed by atoms with Gasteiger partial charge in [-0.05, 0) is 28.1 Å². The Labute approximate surface area is 114 Å². The van der Waals surface area contributed by atoms with Gasteiger partial charge in [0.05, 0.1) is 11.2 Å². The maximum absolute atomic E-state index is 4.59. The summed E-state index contributed by atoms with van der Waals surface area (Å²) in [5.74, 6) is 0.939. The molecular formula is C14H12BrN3. The highest BCUT2D eigenvalue weighted by atomic mass is 79.9. The first-order valence-electron chi connectivity index (χ1n) is 5.70. The third-order valence-corrected chi connectivity index (χ3v) is 3.50. The summed E-state index contributed by atoms with van der Waals surface area (Å²) in [6.45, 7) is 0. The van der Waals surface area contributed by atoms with E-state index in [2.05, 4.69) is 55.0 Å². The Morgan fingerprint density at radius 2 is 1.89 bits per heavy atom. The first kappa shape index (κ1) is 11.3. The second-order valence-corrected chi connectivity index (χ2v) is 4.77. The summed E-state index contributed by atoms with van der Waals surface area (Å²) < 4.78 is 2.95. The van der Waals surface area contributed by atoms with Gasteiger partial charge < -0.3 is 5.32 Å². The van der Waals surface area contributed by atoms with Crippen LogP contribution in [-0.2, 0) is 0 Å². The second kappa shape index (κ2) is 4.46. The minimum absolute atomic E-state index is 0.865. The predicted molar refractivity (Wildman–Crippen MR) is 77.9 cm³/mol. The standard InChI is InChI=1S/C14H12BrN3/c1-16-11-7-8-12-13(15)17-14(18(12)9-11)10-5-3-2-4-6-10/h2-9,16H,1H3. The monoisotopic (exact) mass is 301 g/mol. The fourth-order valence-electron chi connectivity index (χ4n) is 1.99. The van der Waals surface area contributed by atoms with E-state index in [0.29, 0.717) is 0 Å². The number of fused-ring (bicyclic) bond motifs is 1. The van der Waals surface area contributed by atoms with Crippen LogP contribution in [0.25, 0.3) is 16.9 Å². The molecule has 3 rings (SSSR count). The van der Waals surface area contributed by atoms with Crippen molar-refractivity contribution in [3.05, 3.63) is 53.3 Å². The molecule has 0 saturated carbocycles. The zero-order valence-electron chi connectivity index (χ0n) is 9.89. The van der Waals surface area contributed by atoms with Crippen molar-refractivity contribution in [3.8, 4) is 11.4 Å². The number of hydrogen-bond donors (Lipinski definition) is 1. The van der Waals surface area contributed by atoms with Crippen molar-refractivity contribution in [1.82, 2.24) is 9.38 Å². The lowest BCUT2D eigenvalue weighted by Crippen LogP contribution is -1.93. The molecule has 0 spiro atoms. The van der Waals surface area contributed by atoms with Crippen LogP contribution in [0.1, 0.15) is 0 Å². The maximum Gasteiger partial charge on any atom is 0.145 e. The van der Waals surface area contributed by atoms with E-state index in [1.807, 2.05) is 31.3 Å². The van der Waals surface area contributed by atoms with E-state index < -0.39 is 0 Å². The minimum atomic E-state index is 0.865. The minimum Gasteiger partial charge on any atom is -0.387 e. The molecule has 0 aliphatic rings. The van der Waals surface area contributed by atoms with Crippen LogP contribution in [0.15, 0.2) is 53.3 Å². The van der Waals surface area contributed by atoms with Gasteiger partial charge in [0.2, 0.25) is 0 Å². The van der Waals surface area contributed by atoms with Gasteiger partial charge in [-0.3, -0.25) is 4.40 Å². The number of hydrogen-bond acceptors (Lipinski definition) is 2. The van der Waals surface area contributed by atoms with Crippen molar-refractivity contribution in [3.63, 3.8) is 0 Å². The summed E-state index contributed by atoms with van der Waals surface area (Å²) >= 11 is 3.51. The molecule has 3 aromatic rings. The Hall–Kier alpha value is -1.81. The van der Waals surface area contributed by atoms with Crippen molar-refractivity contribution in [2.75, 3.05) is 12.4 Å². The Kier molecular flexibility index (Phi) is 2.80. The molecule has 0 unspecified atom stereocenters. The molecule has 0 radical (unpaired) electrons. The average molecular weight is 302 g/mol. The highest BCUT2D eigenvalue weighted by Gasteiger charge is 2.10. The Morgan fingerprint density at radius 3 is 2.61 bits per heavy atom. The normalized spacial score (nSPS) is 10.8. The van der Waals surface area contributed by atoms with Crippen LogP contribution in [0.4, 0.5) is 5.69 Å². The molecular weight excluding hydrogens is 290 g/mol. The van der Waals surface area contributed by atoms with Gasteiger partial charge in [0.15, 0.2) is 0 Å². The van der Waals surface area contributed by atoms with Crippen molar-refractivity contribution in [1.29, 1.82) is 0 Å². The summed E-state index contributed by atoms with van der Waals surface area (Å²) in [4.78, 5) is 4.59. The Morgan fingerprint density at radius 1 is 1.11 bits per heavy atom. The smallest absolute Gasteiger partial charge is 0.145 e. The van der Waals surface area contributed by atoms with Crippen molar-refractivity contribution in [2.45, 2.75) is 0 Å². The first-order valence-corrected chi connectivity index (χ1v) is 6.49. The molecule has 90 valence electrons. The fraction of sp³-hybridized carbons (Fsp3) is 0.0714. The number of anilines is 1. The van der Waals surface area contributed by atoms with Crippen LogP contribution in [0.3, 0.4) is 0 Å². The topological polar surface area (TPSA) is 29.3 Å². The van der Waals surface area contributed by atoms with E-state index in [4.69, 9.17) is 0 Å². The number of pyridine rings is 1. The van der Waals surface area contributed by atoms with E-state index >= 15 is 0 Å². The van der Waals surface area contributed by atoms with Gasteiger partial charge in [0.25, 0.3) is 0 Å². The van der Waals surface area contributed by atoms with Crippen molar-refractivity contribution < 1.29 is 0 Å². The van der Waals surface area contributed by atoms with Crippen LogP contribution in [0.2, 0.25) is 0 Å². The lowest BCUT2D eigenvalue weighted by atomic mass is 10.2. The molecule has 1 aromatic carbocycles. The zero-order valence-corrected chi connectivity index (χ0v) is 11.5. The predicted octanol–water partition coefficient (Wildman–Crippen LogP) is 3.81. The van der Waals surface area contributed by atoms with E-state index in [1.54, 1.807) is 0 Å². The molecule has 0 aliphatic heterocycles. The summed E-state index contributed by atoms with van der Waals surface area (Å²) in [6.07, 6.45) is 2.05. The van der Waals surface area contributed by atoms with Crippen LogP contribution in [-0.4, -0.2) is 16.4 Å². The highest BCUT2D eigenvalue weighted by Crippen LogP contribution is 2.27. The van der Waals surface area contributed by atoms with Gasteiger partial charge in [-0.2, -0.15) is 0 Å². The number of aromatic nitrogens is 2. The van der Waals surface area contributed by atoms with Crippen LogP contribution < -0.4 is 5.32 Å². The summed E-state index contributed by atoms with van der Waals surface area (Å²) in [7, 11) is 1.91. The van der Waals surface area contributed by atoms with E-state index in [9.17, 15) is 0 Å². The third-order valence-electron chi connectivity index (χ3n) is 2.91. The molecule has 3 nitrogen and oxygen atoms in total. The molecule has 0 bridgehead atoms. The number of nitrogens with one attached hydrogen (secondary N) is 1. The first-order chi connectivity index (χ1) is 8.79. The fourth-order valence-corrected chi connectivity index (χ4v) is 2.48. The SMILES string of the molecule is CNc1ccc2c(Br)nc(-c3ccccc3)n2c1. The quantitative estimate of drug-likeness (QED) is 0.780. The second-order valence-electron chi connectivity index (χ2n) is 4.02. The molecule has 0 atom stereocenters. The lowest BCUT2D eigenvalue weighted by Gasteiger charge is -2.04. The summed E-state index contributed by atoms with van der Waals surface area (Å²) in [5.41, 5.74) is 3.23. The Balaban J connectivity index is 2.29. The molecule has 18 heavy (non-hydrogen) atoms. The molecule has 2 aromatic heterocycles. The number of rotatable bonds is 2. The number of imidazole rings is 1. The zero-order chi connectivity index (χ0) is 12.5. The third kappa shape index (κ3) is 1.78. The Bertz CT molecular complexity index is 689. The number of halogens is 1. The van der Waals surface area contributed by atoms with Gasteiger partial charge in [0, 0.05) is 18.8 Å². The maximum atomic E-state index is 4.59. The lowest BCUT2D eigenvalue weighted by molar-refractivity contribution is 1.16. The van der Waals surface area contributed by atoms with Gasteiger partial charge in [-0.1, -0.05) is 30.3 Å². The van der Waals surface area contributed by atoms with Gasteiger partial charge in [-0.25, -0.2) is 4.98 Å².